The van der Waals surface area contributed by atoms with E-state index < -0.39 is 0 Å². The number of nitrogens with one attached hydrogen (secondary N) is 1. The summed E-state index contributed by atoms with van der Waals surface area (Å²) in [5, 5.41) is 4.75. The molecule has 2 aromatic rings. The van der Waals surface area contributed by atoms with E-state index in [9.17, 15) is 4.79 Å². The summed E-state index contributed by atoms with van der Waals surface area (Å²) >= 11 is 6.06. The molecule has 0 aromatic heterocycles. The van der Waals surface area contributed by atoms with E-state index in [0.29, 0.717) is 35.3 Å². The normalized spacial score (nSPS) is 11.2. The van der Waals surface area contributed by atoms with Crippen LogP contribution in [-0.4, -0.2) is 24.8 Å². The van der Waals surface area contributed by atoms with E-state index in [1.807, 2.05) is 13.8 Å². The van der Waals surface area contributed by atoms with Crippen molar-refractivity contribution in [3.63, 3.8) is 0 Å². The van der Waals surface area contributed by atoms with E-state index >= 15 is 0 Å². The average Bonchev–Trinajstić information content (AvgIpc) is 2.66. The van der Waals surface area contributed by atoms with Crippen molar-refractivity contribution in [3.05, 3.63) is 58.6 Å². The molecule has 0 spiro atoms. The molecule has 138 valence electrons. The molecule has 2 rings (SSSR count). The van der Waals surface area contributed by atoms with Gasteiger partial charge in [0, 0.05) is 16.1 Å². The Morgan fingerprint density at radius 3 is 2.50 bits per heavy atom. The van der Waals surface area contributed by atoms with Gasteiger partial charge in [0.25, 0.3) is 5.91 Å². The number of ether oxygens (including phenoxy) is 2. The quantitative estimate of drug-likeness (QED) is 0.539. The first kappa shape index (κ1) is 19.8. The maximum absolute atomic E-state index is 12.3. The minimum absolute atomic E-state index is 0.300. The molecule has 6 heteroatoms. The first-order chi connectivity index (χ1) is 12.5. The van der Waals surface area contributed by atoms with Gasteiger partial charge in [-0.2, -0.15) is 5.10 Å². The van der Waals surface area contributed by atoms with Crippen LogP contribution < -0.4 is 14.9 Å². The largest absolute Gasteiger partial charge is 0.494 e. The number of carbonyl (C=O) groups excluding carboxylic acids is 1. The second kappa shape index (κ2) is 9.82. The van der Waals surface area contributed by atoms with Gasteiger partial charge in [0.1, 0.15) is 11.5 Å². The Balaban J connectivity index is 2.08. The summed E-state index contributed by atoms with van der Waals surface area (Å²) in [7, 11) is 0. The van der Waals surface area contributed by atoms with Crippen molar-refractivity contribution in [2.75, 3.05) is 13.2 Å². The fourth-order valence-electron chi connectivity index (χ4n) is 2.25. The van der Waals surface area contributed by atoms with Crippen LogP contribution in [0.5, 0.6) is 11.5 Å². The van der Waals surface area contributed by atoms with E-state index in [0.717, 1.165) is 17.7 Å². The molecule has 0 atom stereocenters. The minimum atomic E-state index is -0.300. The van der Waals surface area contributed by atoms with Gasteiger partial charge in [0.05, 0.1) is 18.9 Å². The van der Waals surface area contributed by atoms with Gasteiger partial charge in [0.2, 0.25) is 0 Å². The van der Waals surface area contributed by atoms with Crippen molar-refractivity contribution in [1.82, 2.24) is 5.43 Å². The van der Waals surface area contributed by atoms with Crippen molar-refractivity contribution in [3.8, 4) is 11.5 Å². The van der Waals surface area contributed by atoms with Crippen LogP contribution in [0.4, 0.5) is 0 Å². The molecule has 1 amide bonds. The molecule has 0 unspecified atom stereocenters. The van der Waals surface area contributed by atoms with Gasteiger partial charge in [-0.15, -0.1) is 0 Å². The molecule has 0 radical (unpaired) electrons. The van der Waals surface area contributed by atoms with Crippen LogP contribution in [-0.2, 0) is 0 Å². The van der Waals surface area contributed by atoms with Crippen LogP contribution in [0.2, 0.25) is 5.02 Å². The second-order valence-electron chi connectivity index (χ2n) is 5.58. The smallest absolute Gasteiger partial charge is 0.271 e. The number of hydrazone groups is 1. The monoisotopic (exact) mass is 374 g/mol. The maximum atomic E-state index is 12.3. The molecule has 0 aliphatic carbocycles. The lowest BCUT2D eigenvalue weighted by Crippen LogP contribution is -2.19. The lowest BCUT2D eigenvalue weighted by Gasteiger charge is -2.10. The minimum Gasteiger partial charge on any atom is -0.494 e. The molecule has 0 saturated carbocycles. The molecular weight excluding hydrogens is 352 g/mol. The van der Waals surface area contributed by atoms with E-state index in [1.165, 1.54) is 0 Å². The van der Waals surface area contributed by atoms with Gasteiger partial charge in [0.15, 0.2) is 0 Å². The zero-order valence-electron chi connectivity index (χ0n) is 15.2. The zero-order valence-corrected chi connectivity index (χ0v) is 16.0. The Kier molecular flexibility index (Phi) is 7.48. The highest BCUT2D eigenvalue weighted by Gasteiger charge is 2.10. The summed E-state index contributed by atoms with van der Waals surface area (Å²) in [4.78, 5) is 12.3. The zero-order chi connectivity index (χ0) is 18.9. The standard InChI is InChI=1S/C20H23ClN2O3/c1-4-12-26-17-9-6-15(7-10-17)20(24)23-22-14(3)18-13-16(21)8-11-19(18)25-5-2/h6-11,13H,4-5,12H2,1-3H3,(H,23,24)/b22-14+. The number of hydrogen-bond acceptors (Lipinski definition) is 4. The summed E-state index contributed by atoms with van der Waals surface area (Å²) in [6.07, 6.45) is 0.934. The fourth-order valence-corrected chi connectivity index (χ4v) is 2.42. The lowest BCUT2D eigenvalue weighted by molar-refractivity contribution is 0.0955. The molecule has 2 aromatic carbocycles. The molecule has 1 N–H and O–H groups in total. The molecule has 0 heterocycles. The number of carbonyl (C=O) groups is 1. The first-order valence-corrected chi connectivity index (χ1v) is 8.93. The predicted octanol–water partition coefficient (Wildman–Crippen LogP) is 4.68. The summed E-state index contributed by atoms with van der Waals surface area (Å²) in [5.41, 5.74) is 4.40. The summed E-state index contributed by atoms with van der Waals surface area (Å²) in [5.74, 6) is 1.11. The van der Waals surface area contributed by atoms with E-state index in [1.54, 1.807) is 49.4 Å². The summed E-state index contributed by atoms with van der Waals surface area (Å²) in [6.45, 7) is 6.91. The number of amides is 1. The van der Waals surface area contributed by atoms with Crippen LogP contribution in [0.3, 0.4) is 0 Å². The van der Waals surface area contributed by atoms with Gasteiger partial charge >= 0.3 is 0 Å². The van der Waals surface area contributed by atoms with E-state index in [-0.39, 0.29) is 5.91 Å². The SMILES string of the molecule is CCCOc1ccc(C(=O)N/N=C(\C)c2cc(Cl)ccc2OCC)cc1. The number of hydrogen-bond donors (Lipinski definition) is 1. The van der Waals surface area contributed by atoms with Crippen molar-refractivity contribution < 1.29 is 14.3 Å². The third kappa shape index (κ3) is 5.49. The van der Waals surface area contributed by atoms with Crippen molar-refractivity contribution >= 4 is 23.2 Å². The third-order valence-corrected chi connectivity index (χ3v) is 3.78. The van der Waals surface area contributed by atoms with Gasteiger partial charge in [-0.05, 0) is 62.7 Å². The van der Waals surface area contributed by atoms with Crippen LogP contribution in [0.1, 0.15) is 43.1 Å². The molecule has 0 saturated heterocycles. The topological polar surface area (TPSA) is 59.9 Å². The summed E-state index contributed by atoms with van der Waals surface area (Å²) in [6, 6.07) is 12.3. The molecule has 0 bridgehead atoms. The Morgan fingerprint density at radius 2 is 1.85 bits per heavy atom. The van der Waals surface area contributed by atoms with E-state index in [2.05, 4.69) is 10.5 Å². The van der Waals surface area contributed by atoms with E-state index in [4.69, 9.17) is 21.1 Å². The first-order valence-electron chi connectivity index (χ1n) is 8.55. The maximum Gasteiger partial charge on any atom is 0.271 e. The fraction of sp³-hybridized carbons (Fsp3) is 0.300. The Labute approximate surface area is 159 Å². The average molecular weight is 375 g/mol. The van der Waals surface area contributed by atoms with Crippen molar-refractivity contribution in [1.29, 1.82) is 0 Å². The van der Waals surface area contributed by atoms with Crippen molar-refractivity contribution in [2.24, 2.45) is 5.10 Å². The number of halogens is 1. The highest BCUT2D eigenvalue weighted by Crippen LogP contribution is 2.23. The molecule has 0 fully saturated rings. The van der Waals surface area contributed by atoms with Crippen molar-refractivity contribution in [2.45, 2.75) is 27.2 Å². The highest BCUT2D eigenvalue weighted by atomic mass is 35.5. The van der Waals surface area contributed by atoms with Gasteiger partial charge in [-0.1, -0.05) is 18.5 Å². The third-order valence-electron chi connectivity index (χ3n) is 3.55. The molecule has 0 aliphatic heterocycles. The molecular formula is C20H23ClN2O3. The van der Waals surface area contributed by atoms with Gasteiger partial charge in [-0.3, -0.25) is 4.79 Å². The van der Waals surface area contributed by atoms with Crippen LogP contribution in [0.15, 0.2) is 47.6 Å². The van der Waals surface area contributed by atoms with Crippen LogP contribution in [0, 0.1) is 0 Å². The van der Waals surface area contributed by atoms with Crippen LogP contribution in [0.25, 0.3) is 0 Å². The second-order valence-corrected chi connectivity index (χ2v) is 6.02. The highest BCUT2D eigenvalue weighted by molar-refractivity contribution is 6.31. The number of nitrogens with zero attached hydrogens (tertiary/aromatic N) is 1. The predicted molar refractivity (Wildman–Crippen MR) is 105 cm³/mol. The Morgan fingerprint density at radius 1 is 1.12 bits per heavy atom. The summed E-state index contributed by atoms with van der Waals surface area (Å²) < 4.78 is 11.1. The Bertz CT molecular complexity index is 773. The van der Waals surface area contributed by atoms with Crippen LogP contribution >= 0.6 is 11.6 Å². The number of benzene rings is 2. The number of rotatable bonds is 8. The Hall–Kier alpha value is -2.53. The molecule has 0 aliphatic rings. The lowest BCUT2D eigenvalue weighted by atomic mass is 10.1. The molecule has 5 nitrogen and oxygen atoms in total. The van der Waals surface area contributed by atoms with Gasteiger partial charge < -0.3 is 9.47 Å². The molecule has 26 heavy (non-hydrogen) atoms. The van der Waals surface area contributed by atoms with Gasteiger partial charge in [-0.25, -0.2) is 5.43 Å².